The van der Waals surface area contributed by atoms with E-state index < -0.39 is 0 Å². The Hall–Kier alpha value is -1.88. The second kappa shape index (κ2) is 11.6. The van der Waals surface area contributed by atoms with Gasteiger partial charge in [0.1, 0.15) is 0 Å². The molecule has 1 aromatic heterocycles. The molecule has 0 atom stereocenters. The van der Waals surface area contributed by atoms with Crippen molar-refractivity contribution >= 4 is 10.9 Å². The van der Waals surface area contributed by atoms with Gasteiger partial charge in [-0.25, -0.2) is 0 Å². The molecule has 2 rings (SSSR count). The first kappa shape index (κ1) is 22.1. The molecule has 0 saturated carbocycles. The largest absolute Gasteiger partial charge is 0.256 e. The van der Waals surface area contributed by atoms with Gasteiger partial charge in [0, 0.05) is 18.0 Å². The summed E-state index contributed by atoms with van der Waals surface area (Å²) < 4.78 is 0. The fourth-order valence-electron chi connectivity index (χ4n) is 2.28. The van der Waals surface area contributed by atoms with Crippen LogP contribution in [0, 0.1) is 11.3 Å². The standard InChI is InChI=1S/C16H21N.C3H5N.C3H8/c1-5-12-9-10-14(16(3,4)6-2)15-13(12)8-7-11-17-15;1-2-3-4;1-3-2/h7-11H,5-6H2,1-4H3;2H2,1H3;3H2,1-2H3. The SMILES string of the molecule is CCC.CCC#N.CCc1ccc(C(C)(C)CC)c2ncccc12. The molecule has 132 valence electrons. The number of rotatable bonds is 3. The highest BCUT2D eigenvalue weighted by molar-refractivity contribution is 5.85. The summed E-state index contributed by atoms with van der Waals surface area (Å²) in [6.07, 6.45) is 5.97. The fraction of sp³-hybridized carbons (Fsp3) is 0.545. The van der Waals surface area contributed by atoms with Crippen LogP contribution in [0.4, 0.5) is 0 Å². The average molecular weight is 327 g/mol. The van der Waals surface area contributed by atoms with Crippen LogP contribution in [-0.4, -0.2) is 4.98 Å². The van der Waals surface area contributed by atoms with Crippen molar-refractivity contribution in [2.75, 3.05) is 0 Å². The highest BCUT2D eigenvalue weighted by atomic mass is 14.7. The highest BCUT2D eigenvalue weighted by Crippen LogP contribution is 2.33. The van der Waals surface area contributed by atoms with E-state index in [0.717, 1.165) is 12.8 Å². The van der Waals surface area contributed by atoms with Crippen LogP contribution < -0.4 is 0 Å². The molecule has 0 aliphatic heterocycles. The van der Waals surface area contributed by atoms with E-state index in [1.165, 1.54) is 28.5 Å². The van der Waals surface area contributed by atoms with Gasteiger partial charge in [0.2, 0.25) is 0 Å². The van der Waals surface area contributed by atoms with Gasteiger partial charge in [-0.15, -0.1) is 0 Å². The van der Waals surface area contributed by atoms with Crippen molar-refractivity contribution in [1.82, 2.24) is 4.98 Å². The van der Waals surface area contributed by atoms with Gasteiger partial charge in [0.15, 0.2) is 0 Å². The van der Waals surface area contributed by atoms with E-state index in [1.807, 2.05) is 25.3 Å². The molecule has 0 radical (unpaired) electrons. The smallest absolute Gasteiger partial charge is 0.0742 e. The third-order valence-electron chi connectivity index (χ3n) is 4.01. The number of benzene rings is 1. The minimum Gasteiger partial charge on any atom is -0.256 e. The van der Waals surface area contributed by atoms with Crippen LogP contribution in [0.3, 0.4) is 0 Å². The Kier molecular flexibility index (Phi) is 10.7. The van der Waals surface area contributed by atoms with Gasteiger partial charge >= 0.3 is 0 Å². The molecular formula is C22H34N2. The van der Waals surface area contributed by atoms with Crippen LogP contribution in [0.5, 0.6) is 0 Å². The summed E-state index contributed by atoms with van der Waals surface area (Å²) in [6.45, 7) is 15.1. The van der Waals surface area contributed by atoms with E-state index in [0.29, 0.717) is 6.42 Å². The van der Waals surface area contributed by atoms with Gasteiger partial charge in [-0.3, -0.25) is 4.98 Å². The van der Waals surface area contributed by atoms with Gasteiger partial charge in [-0.2, -0.15) is 5.26 Å². The molecule has 0 unspecified atom stereocenters. The highest BCUT2D eigenvalue weighted by Gasteiger charge is 2.21. The number of nitrogens with zero attached hydrogens (tertiary/aromatic N) is 2. The number of hydrogen-bond acceptors (Lipinski definition) is 2. The van der Waals surface area contributed by atoms with Crippen molar-refractivity contribution in [3.8, 4) is 6.07 Å². The van der Waals surface area contributed by atoms with Crippen LogP contribution >= 0.6 is 0 Å². The Labute approximate surface area is 148 Å². The van der Waals surface area contributed by atoms with E-state index in [-0.39, 0.29) is 5.41 Å². The molecule has 0 bridgehead atoms. The number of nitriles is 1. The van der Waals surface area contributed by atoms with Gasteiger partial charge in [0.25, 0.3) is 0 Å². The van der Waals surface area contributed by atoms with E-state index >= 15 is 0 Å². The number of aromatic nitrogens is 1. The number of aryl methyl sites for hydroxylation is 1. The minimum atomic E-state index is 0.193. The first-order chi connectivity index (χ1) is 11.4. The van der Waals surface area contributed by atoms with Crippen LogP contribution in [-0.2, 0) is 11.8 Å². The number of fused-ring (bicyclic) bond motifs is 1. The van der Waals surface area contributed by atoms with Gasteiger partial charge in [-0.05, 0) is 35.4 Å². The second-order valence-electron chi connectivity index (χ2n) is 6.48. The van der Waals surface area contributed by atoms with Crippen molar-refractivity contribution in [2.45, 2.75) is 79.6 Å². The monoisotopic (exact) mass is 326 g/mol. The second-order valence-corrected chi connectivity index (χ2v) is 6.48. The van der Waals surface area contributed by atoms with Crippen molar-refractivity contribution in [3.05, 3.63) is 41.6 Å². The Balaban J connectivity index is 0.000000648. The quantitative estimate of drug-likeness (QED) is 0.620. The first-order valence-corrected chi connectivity index (χ1v) is 9.17. The molecule has 0 N–H and O–H groups in total. The lowest BCUT2D eigenvalue weighted by molar-refractivity contribution is 0.509. The summed E-state index contributed by atoms with van der Waals surface area (Å²) >= 11 is 0. The maximum absolute atomic E-state index is 7.62. The van der Waals surface area contributed by atoms with E-state index in [1.54, 1.807) is 0 Å². The predicted molar refractivity (Wildman–Crippen MR) is 106 cm³/mol. The molecule has 0 spiro atoms. The average Bonchev–Trinajstić information content (AvgIpc) is 2.61. The molecular weight excluding hydrogens is 292 g/mol. The number of hydrogen-bond donors (Lipinski definition) is 0. The zero-order valence-corrected chi connectivity index (χ0v) is 16.6. The van der Waals surface area contributed by atoms with E-state index in [9.17, 15) is 0 Å². The van der Waals surface area contributed by atoms with Gasteiger partial charge in [-0.1, -0.05) is 73.1 Å². The van der Waals surface area contributed by atoms with Gasteiger partial charge < -0.3 is 0 Å². The fourth-order valence-corrected chi connectivity index (χ4v) is 2.28. The Morgan fingerprint density at radius 2 is 1.62 bits per heavy atom. The van der Waals surface area contributed by atoms with Gasteiger partial charge in [0.05, 0.1) is 11.6 Å². The summed E-state index contributed by atoms with van der Waals surface area (Å²) in [4.78, 5) is 4.60. The van der Waals surface area contributed by atoms with E-state index in [2.05, 4.69) is 64.7 Å². The summed E-state index contributed by atoms with van der Waals surface area (Å²) in [5.74, 6) is 0. The van der Waals surface area contributed by atoms with Crippen molar-refractivity contribution in [1.29, 1.82) is 5.26 Å². The lowest BCUT2D eigenvalue weighted by Crippen LogP contribution is -2.16. The van der Waals surface area contributed by atoms with Crippen molar-refractivity contribution in [2.24, 2.45) is 0 Å². The molecule has 0 saturated heterocycles. The molecule has 0 aliphatic rings. The third-order valence-corrected chi connectivity index (χ3v) is 4.01. The van der Waals surface area contributed by atoms with Crippen LogP contribution in [0.25, 0.3) is 10.9 Å². The molecule has 1 aromatic carbocycles. The molecule has 1 heterocycles. The summed E-state index contributed by atoms with van der Waals surface area (Å²) in [7, 11) is 0. The summed E-state index contributed by atoms with van der Waals surface area (Å²) in [5.41, 5.74) is 4.13. The zero-order chi connectivity index (χ0) is 18.6. The predicted octanol–water partition coefficient (Wildman–Crippen LogP) is 6.82. The summed E-state index contributed by atoms with van der Waals surface area (Å²) in [5, 5.41) is 8.94. The molecule has 2 aromatic rings. The van der Waals surface area contributed by atoms with Crippen LogP contribution in [0.2, 0.25) is 0 Å². The molecule has 2 nitrogen and oxygen atoms in total. The van der Waals surface area contributed by atoms with E-state index in [4.69, 9.17) is 5.26 Å². The van der Waals surface area contributed by atoms with Crippen molar-refractivity contribution in [3.63, 3.8) is 0 Å². The lowest BCUT2D eigenvalue weighted by Gasteiger charge is -2.25. The molecule has 2 heteroatoms. The van der Waals surface area contributed by atoms with Crippen molar-refractivity contribution < 1.29 is 0 Å². The zero-order valence-electron chi connectivity index (χ0n) is 16.6. The normalized spacial score (nSPS) is 10.1. The number of pyridine rings is 1. The molecule has 24 heavy (non-hydrogen) atoms. The Morgan fingerprint density at radius 3 is 2.08 bits per heavy atom. The maximum atomic E-state index is 7.62. The molecule has 0 aliphatic carbocycles. The maximum Gasteiger partial charge on any atom is 0.0742 e. The van der Waals surface area contributed by atoms with Crippen LogP contribution in [0.1, 0.15) is 78.9 Å². The first-order valence-electron chi connectivity index (χ1n) is 9.17. The minimum absolute atomic E-state index is 0.193. The summed E-state index contributed by atoms with van der Waals surface area (Å²) in [6, 6.07) is 10.7. The Bertz CT molecular complexity index is 636. The lowest BCUT2D eigenvalue weighted by atomic mass is 9.80. The third kappa shape index (κ3) is 6.32. The van der Waals surface area contributed by atoms with Crippen LogP contribution in [0.15, 0.2) is 30.5 Å². The molecule has 0 fully saturated rings. The molecule has 0 amide bonds. The Morgan fingerprint density at radius 1 is 1.04 bits per heavy atom. The topological polar surface area (TPSA) is 36.7 Å².